The number of nitrogens with one attached hydrogen (secondary N) is 1. The first-order chi connectivity index (χ1) is 7.69. The number of hydrogen-bond donors (Lipinski definition) is 1. The Balaban J connectivity index is 1.90. The van der Waals surface area contributed by atoms with Crippen molar-refractivity contribution in [1.29, 1.82) is 0 Å². The fraction of sp³-hybridized carbons (Fsp3) is 0.538. The molecule has 1 aromatic rings. The average Bonchev–Trinajstić information content (AvgIpc) is 2.67. The van der Waals surface area contributed by atoms with Gasteiger partial charge in [0.05, 0.1) is 0 Å². The maximum Gasteiger partial charge on any atom is 0.123 e. The fourth-order valence-corrected chi connectivity index (χ4v) is 2.06. The third-order valence-corrected chi connectivity index (χ3v) is 3.35. The van der Waals surface area contributed by atoms with Gasteiger partial charge in [-0.15, -0.1) is 11.6 Å². The second kappa shape index (κ2) is 5.07. The minimum Gasteiger partial charge on any atom is -0.488 e. The lowest BCUT2D eigenvalue weighted by atomic mass is 10.1. The molecule has 0 saturated carbocycles. The highest BCUT2D eigenvalue weighted by Crippen LogP contribution is 2.29. The van der Waals surface area contributed by atoms with E-state index in [1.807, 2.05) is 0 Å². The van der Waals surface area contributed by atoms with E-state index in [9.17, 15) is 0 Å². The Morgan fingerprint density at radius 3 is 3.12 bits per heavy atom. The van der Waals surface area contributed by atoms with Crippen molar-refractivity contribution < 1.29 is 4.74 Å². The van der Waals surface area contributed by atoms with Gasteiger partial charge in [-0.2, -0.15) is 0 Å². The smallest absolute Gasteiger partial charge is 0.123 e. The van der Waals surface area contributed by atoms with Crippen LogP contribution in [0.2, 0.25) is 0 Å². The lowest BCUT2D eigenvalue weighted by molar-refractivity contribution is 0.224. The molecular weight excluding hydrogens is 222 g/mol. The van der Waals surface area contributed by atoms with Crippen molar-refractivity contribution in [3.8, 4) is 5.75 Å². The molecule has 1 heterocycles. The molecule has 1 N–H and O–H groups in total. The predicted molar refractivity (Wildman–Crippen MR) is 67.5 cm³/mol. The van der Waals surface area contributed by atoms with Crippen LogP contribution in [0.25, 0.3) is 0 Å². The summed E-state index contributed by atoms with van der Waals surface area (Å²) < 4.78 is 5.85. The Labute approximate surface area is 102 Å². The summed E-state index contributed by atoms with van der Waals surface area (Å²) in [4.78, 5) is 0. The summed E-state index contributed by atoms with van der Waals surface area (Å²) in [5.74, 6) is 1.68. The van der Waals surface area contributed by atoms with Gasteiger partial charge in [0.25, 0.3) is 0 Å². The molecule has 0 spiro atoms. The second-order valence-electron chi connectivity index (χ2n) is 4.52. The van der Waals surface area contributed by atoms with E-state index in [0.717, 1.165) is 18.7 Å². The van der Waals surface area contributed by atoms with E-state index >= 15 is 0 Å². The molecule has 0 bridgehead atoms. The van der Waals surface area contributed by atoms with E-state index in [0.29, 0.717) is 11.9 Å². The molecule has 1 aromatic carbocycles. The summed E-state index contributed by atoms with van der Waals surface area (Å²) in [6.45, 7) is 5.06. The van der Waals surface area contributed by atoms with Gasteiger partial charge in [-0.05, 0) is 25.5 Å². The van der Waals surface area contributed by atoms with Crippen LogP contribution < -0.4 is 10.1 Å². The van der Waals surface area contributed by atoms with Crippen molar-refractivity contribution in [2.24, 2.45) is 0 Å². The third-order valence-electron chi connectivity index (χ3n) is 2.88. The molecule has 0 saturated heterocycles. The molecule has 0 fully saturated rings. The maximum absolute atomic E-state index is 5.85. The number of rotatable bonds is 4. The fourth-order valence-electron chi connectivity index (χ4n) is 1.95. The Kier molecular flexibility index (Phi) is 3.72. The number of benzene rings is 1. The van der Waals surface area contributed by atoms with Gasteiger partial charge in [0.1, 0.15) is 11.9 Å². The minimum atomic E-state index is 0.252. The first kappa shape index (κ1) is 11.7. The number of ether oxygens (including phenoxy) is 1. The van der Waals surface area contributed by atoms with Gasteiger partial charge < -0.3 is 10.1 Å². The van der Waals surface area contributed by atoms with Crippen LogP contribution in [0.4, 0.5) is 0 Å². The molecule has 16 heavy (non-hydrogen) atoms. The van der Waals surface area contributed by atoms with Crippen LogP contribution in [0.5, 0.6) is 5.75 Å². The third kappa shape index (κ3) is 2.69. The lowest BCUT2D eigenvalue weighted by Gasteiger charge is -2.15. The van der Waals surface area contributed by atoms with Crippen LogP contribution in [0, 0.1) is 6.92 Å². The SMILES string of the molecule is Cc1ccc2c(c1)CC(CNC(C)CCl)O2. The number of fused-ring (bicyclic) bond motifs is 1. The Hall–Kier alpha value is -0.730. The second-order valence-corrected chi connectivity index (χ2v) is 4.83. The van der Waals surface area contributed by atoms with E-state index < -0.39 is 0 Å². The van der Waals surface area contributed by atoms with Crippen LogP contribution in [0.15, 0.2) is 18.2 Å². The van der Waals surface area contributed by atoms with Crippen molar-refractivity contribution in [2.45, 2.75) is 32.4 Å². The molecule has 0 aromatic heterocycles. The highest BCUT2D eigenvalue weighted by atomic mass is 35.5. The van der Waals surface area contributed by atoms with Gasteiger partial charge in [0.2, 0.25) is 0 Å². The zero-order chi connectivity index (χ0) is 11.5. The first-order valence-electron chi connectivity index (χ1n) is 5.74. The summed E-state index contributed by atoms with van der Waals surface area (Å²) in [6.07, 6.45) is 1.25. The average molecular weight is 240 g/mol. The molecule has 2 atom stereocenters. The topological polar surface area (TPSA) is 21.3 Å². The van der Waals surface area contributed by atoms with Gasteiger partial charge in [0, 0.05) is 24.9 Å². The van der Waals surface area contributed by atoms with Crippen molar-refractivity contribution in [1.82, 2.24) is 5.32 Å². The molecule has 2 nitrogen and oxygen atoms in total. The van der Waals surface area contributed by atoms with Gasteiger partial charge in [-0.1, -0.05) is 17.7 Å². The largest absolute Gasteiger partial charge is 0.488 e. The van der Waals surface area contributed by atoms with Crippen LogP contribution in [-0.4, -0.2) is 24.6 Å². The number of aryl methyl sites for hydroxylation is 1. The van der Waals surface area contributed by atoms with Gasteiger partial charge >= 0.3 is 0 Å². The molecule has 0 amide bonds. The van der Waals surface area contributed by atoms with Gasteiger partial charge in [-0.25, -0.2) is 0 Å². The normalized spacial score (nSPS) is 20.3. The van der Waals surface area contributed by atoms with E-state index in [-0.39, 0.29) is 6.10 Å². The monoisotopic (exact) mass is 239 g/mol. The molecule has 3 heteroatoms. The number of halogens is 1. The van der Waals surface area contributed by atoms with Crippen LogP contribution in [0.1, 0.15) is 18.1 Å². The molecule has 88 valence electrons. The lowest BCUT2D eigenvalue weighted by Crippen LogP contribution is -2.36. The van der Waals surface area contributed by atoms with Gasteiger partial charge in [-0.3, -0.25) is 0 Å². The highest BCUT2D eigenvalue weighted by molar-refractivity contribution is 6.18. The predicted octanol–water partition coefficient (Wildman–Crippen LogP) is 2.52. The van der Waals surface area contributed by atoms with E-state index in [2.05, 4.69) is 37.4 Å². The van der Waals surface area contributed by atoms with E-state index in [4.69, 9.17) is 16.3 Å². The van der Waals surface area contributed by atoms with E-state index in [1.54, 1.807) is 0 Å². The first-order valence-corrected chi connectivity index (χ1v) is 6.28. The quantitative estimate of drug-likeness (QED) is 0.816. The standard InChI is InChI=1S/C13H18ClNO/c1-9-3-4-13-11(5-9)6-12(16-13)8-15-10(2)7-14/h3-5,10,12,15H,6-8H2,1-2H3. The van der Waals surface area contributed by atoms with E-state index in [1.165, 1.54) is 11.1 Å². The van der Waals surface area contributed by atoms with Crippen LogP contribution in [0.3, 0.4) is 0 Å². The number of hydrogen-bond acceptors (Lipinski definition) is 2. The van der Waals surface area contributed by atoms with Crippen molar-refractivity contribution in [3.63, 3.8) is 0 Å². The summed E-state index contributed by atoms with van der Waals surface area (Å²) in [7, 11) is 0. The van der Waals surface area contributed by atoms with Crippen LogP contribution in [-0.2, 0) is 6.42 Å². The molecule has 2 unspecified atom stereocenters. The van der Waals surface area contributed by atoms with Crippen molar-refractivity contribution in [3.05, 3.63) is 29.3 Å². The summed E-state index contributed by atoms with van der Waals surface area (Å²) in [5, 5.41) is 3.37. The van der Waals surface area contributed by atoms with Crippen molar-refractivity contribution >= 4 is 11.6 Å². The van der Waals surface area contributed by atoms with Gasteiger partial charge in [0.15, 0.2) is 0 Å². The molecule has 1 aliphatic heterocycles. The molecule has 0 aliphatic carbocycles. The Morgan fingerprint density at radius 1 is 1.56 bits per heavy atom. The Bertz CT molecular complexity index is 367. The highest BCUT2D eigenvalue weighted by Gasteiger charge is 2.22. The maximum atomic E-state index is 5.85. The Morgan fingerprint density at radius 2 is 2.38 bits per heavy atom. The van der Waals surface area contributed by atoms with Crippen molar-refractivity contribution in [2.75, 3.05) is 12.4 Å². The minimum absolute atomic E-state index is 0.252. The molecule has 2 rings (SSSR count). The summed E-state index contributed by atoms with van der Waals surface area (Å²) in [5.41, 5.74) is 2.62. The van der Waals surface area contributed by atoms with Crippen LogP contribution >= 0.6 is 11.6 Å². The molecule has 1 aliphatic rings. The molecule has 0 radical (unpaired) electrons. The zero-order valence-electron chi connectivity index (χ0n) is 9.79. The number of alkyl halides is 1. The summed E-state index contributed by atoms with van der Waals surface area (Å²) in [6, 6.07) is 6.71. The zero-order valence-corrected chi connectivity index (χ0v) is 10.6. The molecular formula is C13H18ClNO. The summed E-state index contributed by atoms with van der Waals surface area (Å²) >= 11 is 5.74.